The van der Waals surface area contributed by atoms with Gasteiger partial charge in [0.2, 0.25) is 0 Å². The number of benzene rings is 1. The largest absolute Gasteiger partial charge is 0.481 e. The smallest absolute Gasteiger partial charge is 0.310 e. The first kappa shape index (κ1) is 14.7. The molecule has 0 bridgehead atoms. The molecule has 0 spiro atoms. The van der Waals surface area contributed by atoms with E-state index in [-0.39, 0.29) is 5.92 Å². The average molecular weight is 248 g/mol. The van der Waals surface area contributed by atoms with Crippen molar-refractivity contribution in [2.24, 2.45) is 11.8 Å². The average Bonchev–Trinajstić information content (AvgIpc) is 2.26. The Morgan fingerprint density at radius 3 is 2.00 bits per heavy atom. The van der Waals surface area contributed by atoms with E-state index < -0.39 is 5.97 Å². The number of carbonyl (C=O) groups is 1. The molecular weight excluding hydrogens is 224 g/mol. The van der Waals surface area contributed by atoms with E-state index in [1.165, 1.54) is 5.56 Å². The second-order valence-corrected chi connectivity index (χ2v) is 5.86. The Balaban J connectivity index is 2.83. The fraction of sp³-hybridized carbons (Fsp3) is 0.562. The predicted molar refractivity (Wildman–Crippen MR) is 74.8 cm³/mol. The van der Waals surface area contributed by atoms with Crippen molar-refractivity contribution in [3.63, 3.8) is 0 Å². The van der Waals surface area contributed by atoms with Gasteiger partial charge >= 0.3 is 5.97 Å². The maximum absolute atomic E-state index is 11.3. The molecule has 18 heavy (non-hydrogen) atoms. The molecule has 0 heterocycles. The van der Waals surface area contributed by atoms with Gasteiger partial charge in [-0.05, 0) is 35.8 Å². The van der Waals surface area contributed by atoms with Crippen LogP contribution in [0.3, 0.4) is 0 Å². The van der Waals surface area contributed by atoms with Crippen LogP contribution >= 0.6 is 0 Å². The second-order valence-electron chi connectivity index (χ2n) is 5.86. The topological polar surface area (TPSA) is 37.3 Å². The van der Waals surface area contributed by atoms with Crippen molar-refractivity contribution < 1.29 is 9.90 Å². The maximum atomic E-state index is 11.3. The van der Waals surface area contributed by atoms with Crippen molar-refractivity contribution in [2.45, 2.75) is 46.5 Å². The van der Waals surface area contributed by atoms with Crippen LogP contribution < -0.4 is 0 Å². The van der Waals surface area contributed by atoms with Gasteiger partial charge in [-0.1, -0.05) is 52.0 Å². The van der Waals surface area contributed by atoms with E-state index in [0.717, 1.165) is 12.0 Å². The summed E-state index contributed by atoms with van der Waals surface area (Å²) in [5.41, 5.74) is 2.20. The zero-order chi connectivity index (χ0) is 13.7. The maximum Gasteiger partial charge on any atom is 0.310 e. The molecule has 0 aliphatic carbocycles. The normalized spacial score (nSPS) is 13.0. The van der Waals surface area contributed by atoms with Crippen molar-refractivity contribution in [1.82, 2.24) is 0 Å². The van der Waals surface area contributed by atoms with Crippen molar-refractivity contribution in [3.8, 4) is 0 Å². The summed E-state index contributed by atoms with van der Waals surface area (Å²) in [6, 6.07) is 8.06. The van der Waals surface area contributed by atoms with Crippen LogP contribution in [0.15, 0.2) is 24.3 Å². The molecule has 0 radical (unpaired) electrons. The van der Waals surface area contributed by atoms with Gasteiger partial charge in [-0.15, -0.1) is 0 Å². The van der Waals surface area contributed by atoms with E-state index in [9.17, 15) is 9.90 Å². The summed E-state index contributed by atoms with van der Waals surface area (Å²) in [5.74, 6) is -0.0818. The Kier molecular flexibility index (Phi) is 5.39. The highest BCUT2D eigenvalue weighted by atomic mass is 16.4. The number of carboxylic acids is 1. The molecule has 2 nitrogen and oxygen atoms in total. The summed E-state index contributed by atoms with van der Waals surface area (Å²) >= 11 is 0. The van der Waals surface area contributed by atoms with Crippen LogP contribution in [0.25, 0.3) is 0 Å². The Morgan fingerprint density at radius 2 is 1.61 bits per heavy atom. The lowest BCUT2D eigenvalue weighted by molar-refractivity contribution is -0.139. The summed E-state index contributed by atoms with van der Waals surface area (Å²) in [6.45, 7) is 8.49. The lowest BCUT2D eigenvalue weighted by Crippen LogP contribution is -2.14. The van der Waals surface area contributed by atoms with Crippen LogP contribution in [-0.4, -0.2) is 11.1 Å². The van der Waals surface area contributed by atoms with Gasteiger partial charge in [-0.25, -0.2) is 0 Å². The Labute approximate surface area is 110 Å². The Morgan fingerprint density at radius 1 is 1.06 bits per heavy atom. The standard InChI is InChI=1S/C16H24O2/c1-11(2)9-13-5-7-14(8-6-13)15(16(17)18)10-12(3)4/h5-8,11-12,15H,9-10H2,1-4H3,(H,17,18). The monoisotopic (exact) mass is 248 g/mol. The van der Waals surface area contributed by atoms with Gasteiger partial charge in [-0.2, -0.15) is 0 Å². The highest BCUT2D eigenvalue weighted by Crippen LogP contribution is 2.24. The number of hydrogen-bond donors (Lipinski definition) is 1. The molecule has 0 fully saturated rings. The lowest BCUT2D eigenvalue weighted by Gasteiger charge is -2.15. The second kappa shape index (κ2) is 6.58. The van der Waals surface area contributed by atoms with Crippen LogP contribution in [0.2, 0.25) is 0 Å². The summed E-state index contributed by atoms with van der Waals surface area (Å²) in [4.78, 5) is 11.3. The van der Waals surface area contributed by atoms with Gasteiger partial charge in [0.1, 0.15) is 0 Å². The fourth-order valence-electron chi connectivity index (χ4n) is 2.21. The Bertz CT molecular complexity index is 377. The molecule has 0 aromatic heterocycles. The number of rotatable bonds is 6. The zero-order valence-electron chi connectivity index (χ0n) is 11.8. The summed E-state index contributed by atoms with van der Waals surface area (Å²) in [7, 11) is 0. The third-order valence-corrected chi connectivity index (χ3v) is 3.03. The van der Waals surface area contributed by atoms with Gasteiger partial charge in [0.25, 0.3) is 0 Å². The first-order valence-electron chi connectivity index (χ1n) is 6.71. The molecule has 0 saturated carbocycles. The molecule has 1 atom stereocenters. The summed E-state index contributed by atoms with van der Waals surface area (Å²) in [5, 5.41) is 9.29. The highest BCUT2D eigenvalue weighted by molar-refractivity contribution is 5.76. The van der Waals surface area contributed by atoms with E-state index in [0.29, 0.717) is 18.3 Å². The van der Waals surface area contributed by atoms with Crippen LogP contribution in [-0.2, 0) is 11.2 Å². The van der Waals surface area contributed by atoms with Crippen molar-refractivity contribution in [2.75, 3.05) is 0 Å². The quantitative estimate of drug-likeness (QED) is 0.823. The van der Waals surface area contributed by atoms with Crippen molar-refractivity contribution >= 4 is 5.97 Å². The van der Waals surface area contributed by atoms with E-state index in [1.807, 2.05) is 12.1 Å². The molecule has 100 valence electrons. The number of aliphatic carboxylic acids is 1. The molecule has 1 rings (SSSR count). The van der Waals surface area contributed by atoms with E-state index in [1.54, 1.807) is 0 Å². The van der Waals surface area contributed by atoms with Gasteiger partial charge < -0.3 is 5.11 Å². The van der Waals surface area contributed by atoms with Crippen LogP contribution in [0.5, 0.6) is 0 Å². The molecular formula is C16H24O2. The fourth-order valence-corrected chi connectivity index (χ4v) is 2.21. The summed E-state index contributed by atoms with van der Waals surface area (Å²) in [6.07, 6.45) is 1.74. The SMILES string of the molecule is CC(C)Cc1ccc(C(CC(C)C)C(=O)O)cc1. The number of carboxylic acid groups (broad SMARTS) is 1. The molecule has 1 N–H and O–H groups in total. The van der Waals surface area contributed by atoms with Crippen LogP contribution in [0, 0.1) is 11.8 Å². The van der Waals surface area contributed by atoms with Gasteiger partial charge in [0.05, 0.1) is 5.92 Å². The molecule has 0 amide bonds. The molecule has 2 heteroatoms. The molecule has 0 aliphatic heterocycles. The summed E-state index contributed by atoms with van der Waals surface area (Å²) < 4.78 is 0. The minimum Gasteiger partial charge on any atom is -0.481 e. The highest BCUT2D eigenvalue weighted by Gasteiger charge is 2.20. The van der Waals surface area contributed by atoms with Crippen LogP contribution in [0.4, 0.5) is 0 Å². The molecule has 1 aromatic carbocycles. The predicted octanol–water partition coefficient (Wildman–Crippen LogP) is 4.10. The van der Waals surface area contributed by atoms with Crippen LogP contribution in [0.1, 0.15) is 51.2 Å². The zero-order valence-corrected chi connectivity index (χ0v) is 11.8. The van der Waals surface area contributed by atoms with Crippen molar-refractivity contribution in [3.05, 3.63) is 35.4 Å². The lowest BCUT2D eigenvalue weighted by atomic mass is 9.89. The van der Waals surface area contributed by atoms with E-state index in [2.05, 4.69) is 39.8 Å². The van der Waals surface area contributed by atoms with E-state index in [4.69, 9.17) is 0 Å². The molecule has 0 saturated heterocycles. The molecule has 1 aromatic rings. The Hall–Kier alpha value is -1.31. The minimum atomic E-state index is -0.722. The van der Waals surface area contributed by atoms with Gasteiger partial charge in [-0.3, -0.25) is 4.79 Å². The molecule has 1 unspecified atom stereocenters. The van der Waals surface area contributed by atoms with Gasteiger partial charge in [0.15, 0.2) is 0 Å². The van der Waals surface area contributed by atoms with Crippen molar-refractivity contribution in [1.29, 1.82) is 0 Å². The number of hydrogen-bond acceptors (Lipinski definition) is 1. The van der Waals surface area contributed by atoms with Gasteiger partial charge in [0, 0.05) is 0 Å². The first-order chi connectivity index (χ1) is 8.40. The molecule has 0 aliphatic rings. The third-order valence-electron chi connectivity index (χ3n) is 3.03. The minimum absolute atomic E-state index is 0.377. The third kappa shape index (κ3) is 4.52. The van der Waals surface area contributed by atoms with E-state index >= 15 is 0 Å². The first-order valence-corrected chi connectivity index (χ1v) is 6.71.